The summed E-state index contributed by atoms with van der Waals surface area (Å²) in [6.45, 7) is 11.2. The second-order valence-electron chi connectivity index (χ2n) is 5.56. The van der Waals surface area contributed by atoms with Crippen LogP contribution in [0.3, 0.4) is 0 Å². The molecule has 1 aromatic rings. The minimum absolute atomic E-state index is 0.0503. The fraction of sp³-hybridized carbons (Fsp3) is 0.533. The standard InChI is InChI=1S/C15H22N2O/c1-9(2)17-8-13(16-15(17)18)14-11(4)6-10(3)7-12(14)5/h6-7,9,13H,8H2,1-5H3,(H,16,18). The molecule has 1 aromatic carbocycles. The van der Waals surface area contributed by atoms with Gasteiger partial charge in [0, 0.05) is 12.6 Å². The van der Waals surface area contributed by atoms with Gasteiger partial charge in [0.25, 0.3) is 0 Å². The third-order valence-electron chi connectivity index (χ3n) is 3.65. The second-order valence-corrected chi connectivity index (χ2v) is 5.56. The Morgan fingerprint density at radius 1 is 1.22 bits per heavy atom. The molecule has 2 amide bonds. The highest BCUT2D eigenvalue weighted by Crippen LogP contribution is 2.28. The molecule has 1 atom stereocenters. The lowest BCUT2D eigenvalue weighted by Gasteiger charge is -2.20. The molecule has 98 valence electrons. The first-order chi connectivity index (χ1) is 8.40. The van der Waals surface area contributed by atoms with Crippen molar-refractivity contribution in [2.24, 2.45) is 0 Å². The second kappa shape index (κ2) is 4.63. The highest BCUT2D eigenvalue weighted by atomic mass is 16.2. The number of aryl methyl sites for hydroxylation is 3. The van der Waals surface area contributed by atoms with Gasteiger partial charge in [-0.3, -0.25) is 0 Å². The van der Waals surface area contributed by atoms with E-state index in [2.05, 4.69) is 52.1 Å². The van der Waals surface area contributed by atoms with Crippen molar-refractivity contribution in [3.63, 3.8) is 0 Å². The van der Waals surface area contributed by atoms with Crippen LogP contribution in [0.1, 0.15) is 42.1 Å². The number of hydrogen-bond donors (Lipinski definition) is 1. The fourth-order valence-corrected chi connectivity index (χ4v) is 2.91. The highest BCUT2D eigenvalue weighted by Gasteiger charge is 2.32. The summed E-state index contributed by atoms with van der Waals surface area (Å²) in [6, 6.07) is 4.80. The van der Waals surface area contributed by atoms with Crippen LogP contribution in [-0.2, 0) is 0 Å². The normalized spacial score (nSPS) is 19.6. The first-order valence-electron chi connectivity index (χ1n) is 6.55. The van der Waals surface area contributed by atoms with Crippen LogP contribution in [0.25, 0.3) is 0 Å². The summed E-state index contributed by atoms with van der Waals surface area (Å²) in [5.74, 6) is 0. The van der Waals surface area contributed by atoms with Gasteiger partial charge in [-0.15, -0.1) is 0 Å². The van der Waals surface area contributed by atoms with E-state index in [0.29, 0.717) is 0 Å². The van der Waals surface area contributed by atoms with Crippen LogP contribution in [0.2, 0.25) is 0 Å². The van der Waals surface area contributed by atoms with Crippen molar-refractivity contribution in [1.82, 2.24) is 10.2 Å². The zero-order valence-corrected chi connectivity index (χ0v) is 11.9. The minimum Gasteiger partial charge on any atom is -0.329 e. The molecule has 18 heavy (non-hydrogen) atoms. The number of amides is 2. The van der Waals surface area contributed by atoms with Crippen LogP contribution in [0.15, 0.2) is 12.1 Å². The fourth-order valence-electron chi connectivity index (χ4n) is 2.91. The van der Waals surface area contributed by atoms with Crippen molar-refractivity contribution in [2.75, 3.05) is 6.54 Å². The Balaban J connectivity index is 2.32. The molecule has 0 saturated carbocycles. The molecule has 2 rings (SSSR count). The lowest BCUT2D eigenvalue weighted by molar-refractivity contribution is 0.206. The molecule has 1 N–H and O–H groups in total. The van der Waals surface area contributed by atoms with Gasteiger partial charge in [0.15, 0.2) is 0 Å². The van der Waals surface area contributed by atoms with E-state index in [0.717, 1.165) is 6.54 Å². The van der Waals surface area contributed by atoms with Crippen LogP contribution in [0.5, 0.6) is 0 Å². The number of carbonyl (C=O) groups excluding carboxylic acids is 1. The molecule has 3 nitrogen and oxygen atoms in total. The Labute approximate surface area is 109 Å². The number of hydrogen-bond acceptors (Lipinski definition) is 1. The average Bonchev–Trinajstić information content (AvgIpc) is 2.58. The Morgan fingerprint density at radius 3 is 2.22 bits per heavy atom. The summed E-state index contributed by atoms with van der Waals surface area (Å²) in [7, 11) is 0. The molecule has 3 heteroatoms. The summed E-state index contributed by atoms with van der Waals surface area (Å²) < 4.78 is 0. The van der Waals surface area contributed by atoms with Crippen molar-refractivity contribution < 1.29 is 4.79 Å². The summed E-state index contributed by atoms with van der Waals surface area (Å²) in [4.78, 5) is 13.8. The van der Waals surface area contributed by atoms with E-state index in [-0.39, 0.29) is 18.1 Å². The van der Waals surface area contributed by atoms with E-state index in [9.17, 15) is 4.79 Å². The van der Waals surface area contributed by atoms with Gasteiger partial charge in [0.05, 0.1) is 6.04 Å². The van der Waals surface area contributed by atoms with E-state index in [1.54, 1.807) is 0 Å². The minimum atomic E-state index is 0.0503. The largest absolute Gasteiger partial charge is 0.329 e. The number of urea groups is 1. The van der Waals surface area contributed by atoms with E-state index in [1.165, 1.54) is 22.3 Å². The molecule has 1 aliphatic heterocycles. The molecule has 1 unspecified atom stereocenters. The van der Waals surface area contributed by atoms with E-state index >= 15 is 0 Å². The number of nitrogens with one attached hydrogen (secondary N) is 1. The number of benzene rings is 1. The Hall–Kier alpha value is -1.51. The molecule has 0 aliphatic carbocycles. The maximum atomic E-state index is 11.9. The highest BCUT2D eigenvalue weighted by molar-refractivity contribution is 5.77. The van der Waals surface area contributed by atoms with Gasteiger partial charge in [-0.1, -0.05) is 17.7 Å². The third kappa shape index (κ3) is 2.22. The molecular weight excluding hydrogens is 224 g/mol. The van der Waals surface area contributed by atoms with Crippen LogP contribution in [-0.4, -0.2) is 23.5 Å². The first kappa shape index (κ1) is 12.9. The van der Waals surface area contributed by atoms with Gasteiger partial charge in [-0.25, -0.2) is 4.79 Å². The molecule has 0 spiro atoms. The first-order valence-corrected chi connectivity index (χ1v) is 6.55. The Bertz CT molecular complexity index is 456. The molecule has 0 bridgehead atoms. The average molecular weight is 246 g/mol. The third-order valence-corrected chi connectivity index (χ3v) is 3.65. The molecule has 1 aliphatic rings. The Morgan fingerprint density at radius 2 is 1.78 bits per heavy atom. The zero-order chi connectivity index (χ0) is 13.4. The van der Waals surface area contributed by atoms with Crippen LogP contribution < -0.4 is 5.32 Å². The smallest absolute Gasteiger partial charge is 0.318 e. The Kier molecular flexibility index (Phi) is 3.33. The lowest BCUT2D eigenvalue weighted by atomic mass is 9.94. The van der Waals surface area contributed by atoms with Crippen molar-refractivity contribution in [3.05, 3.63) is 34.4 Å². The maximum Gasteiger partial charge on any atom is 0.318 e. The van der Waals surface area contributed by atoms with Crippen molar-refractivity contribution in [2.45, 2.75) is 46.7 Å². The van der Waals surface area contributed by atoms with Crippen LogP contribution >= 0.6 is 0 Å². The van der Waals surface area contributed by atoms with Crippen molar-refractivity contribution >= 4 is 6.03 Å². The molecule has 1 heterocycles. The topological polar surface area (TPSA) is 32.3 Å². The summed E-state index contributed by atoms with van der Waals surface area (Å²) in [5, 5.41) is 3.09. The molecule has 0 radical (unpaired) electrons. The van der Waals surface area contributed by atoms with Crippen molar-refractivity contribution in [3.8, 4) is 0 Å². The predicted molar refractivity (Wildman–Crippen MR) is 73.8 cm³/mol. The van der Waals surface area contributed by atoms with Gasteiger partial charge in [0.1, 0.15) is 0 Å². The van der Waals surface area contributed by atoms with Gasteiger partial charge < -0.3 is 10.2 Å². The van der Waals surface area contributed by atoms with Gasteiger partial charge in [-0.2, -0.15) is 0 Å². The van der Waals surface area contributed by atoms with Crippen LogP contribution in [0.4, 0.5) is 4.79 Å². The van der Waals surface area contributed by atoms with Gasteiger partial charge in [0.2, 0.25) is 0 Å². The van der Waals surface area contributed by atoms with Crippen LogP contribution in [0, 0.1) is 20.8 Å². The summed E-state index contributed by atoms with van der Waals surface area (Å²) >= 11 is 0. The van der Waals surface area contributed by atoms with E-state index in [4.69, 9.17) is 0 Å². The number of carbonyl (C=O) groups is 1. The molecular formula is C15H22N2O. The molecule has 0 aromatic heterocycles. The van der Waals surface area contributed by atoms with Gasteiger partial charge >= 0.3 is 6.03 Å². The predicted octanol–water partition coefficient (Wildman–Crippen LogP) is 3.09. The SMILES string of the molecule is Cc1cc(C)c(C2CN(C(C)C)C(=O)N2)c(C)c1. The zero-order valence-electron chi connectivity index (χ0n) is 11.9. The summed E-state index contributed by atoms with van der Waals surface area (Å²) in [6.07, 6.45) is 0. The van der Waals surface area contributed by atoms with Gasteiger partial charge in [-0.05, 0) is 51.3 Å². The monoisotopic (exact) mass is 246 g/mol. The maximum absolute atomic E-state index is 11.9. The number of nitrogens with zero attached hydrogens (tertiary/aromatic N) is 1. The lowest BCUT2D eigenvalue weighted by Crippen LogP contribution is -2.33. The molecule has 1 fully saturated rings. The number of rotatable bonds is 2. The van der Waals surface area contributed by atoms with E-state index in [1.807, 2.05) is 4.90 Å². The quantitative estimate of drug-likeness (QED) is 0.854. The molecule has 1 saturated heterocycles. The van der Waals surface area contributed by atoms with Crippen molar-refractivity contribution in [1.29, 1.82) is 0 Å². The van der Waals surface area contributed by atoms with E-state index < -0.39 is 0 Å². The summed E-state index contributed by atoms with van der Waals surface area (Å²) in [5.41, 5.74) is 5.09.